The van der Waals surface area contributed by atoms with Gasteiger partial charge in [-0.2, -0.15) is 4.31 Å². The van der Waals surface area contributed by atoms with Crippen molar-refractivity contribution in [1.29, 1.82) is 0 Å². The number of hydrogen-bond donors (Lipinski definition) is 0. The first kappa shape index (κ1) is 12.1. The number of hydrogen-bond acceptors (Lipinski definition) is 3. The summed E-state index contributed by atoms with van der Waals surface area (Å²) >= 11 is 0. The second-order valence-corrected chi connectivity index (χ2v) is 5.62. The zero-order chi connectivity index (χ0) is 12.3. The van der Waals surface area contributed by atoms with Crippen LogP contribution in [-0.4, -0.2) is 39.0 Å². The van der Waals surface area contributed by atoms with Crippen LogP contribution in [0.25, 0.3) is 0 Å². The lowest BCUT2D eigenvalue weighted by atomic mass is 10.2. The summed E-state index contributed by atoms with van der Waals surface area (Å²) in [4.78, 5) is 0.276. The SMILES string of the molecule is C#Cc1ccc(S(=O)(=O)N2CCOCC2)cc1. The highest BCUT2D eigenvalue weighted by Gasteiger charge is 2.25. The van der Waals surface area contributed by atoms with Crippen molar-refractivity contribution in [2.45, 2.75) is 4.90 Å². The average molecular weight is 251 g/mol. The number of morpholine rings is 1. The van der Waals surface area contributed by atoms with Crippen LogP contribution in [0.1, 0.15) is 5.56 Å². The van der Waals surface area contributed by atoms with Crippen LogP contribution in [0.3, 0.4) is 0 Å². The summed E-state index contributed by atoms with van der Waals surface area (Å²) in [5, 5.41) is 0. The van der Waals surface area contributed by atoms with E-state index in [9.17, 15) is 8.42 Å². The number of ether oxygens (including phenoxy) is 1. The first-order valence-corrected chi connectivity index (χ1v) is 6.73. The van der Waals surface area contributed by atoms with Gasteiger partial charge in [0.25, 0.3) is 0 Å². The van der Waals surface area contributed by atoms with Crippen molar-refractivity contribution in [1.82, 2.24) is 4.31 Å². The Balaban J connectivity index is 2.27. The molecule has 1 saturated heterocycles. The first-order chi connectivity index (χ1) is 8.14. The van der Waals surface area contributed by atoms with Gasteiger partial charge >= 0.3 is 0 Å². The number of sulfonamides is 1. The van der Waals surface area contributed by atoms with Crippen molar-refractivity contribution in [3.05, 3.63) is 29.8 Å². The Morgan fingerprint density at radius 1 is 1.18 bits per heavy atom. The largest absolute Gasteiger partial charge is 0.379 e. The molecule has 2 rings (SSSR count). The average Bonchev–Trinajstić information content (AvgIpc) is 2.40. The predicted octanol–water partition coefficient (Wildman–Crippen LogP) is 0.689. The van der Waals surface area contributed by atoms with Gasteiger partial charge in [0.2, 0.25) is 10.0 Å². The Hall–Kier alpha value is -1.35. The van der Waals surface area contributed by atoms with E-state index < -0.39 is 10.0 Å². The standard InChI is InChI=1S/C12H13NO3S/c1-2-11-3-5-12(6-4-11)17(14,15)13-7-9-16-10-8-13/h1,3-6H,7-10H2. The predicted molar refractivity (Wildman–Crippen MR) is 64.0 cm³/mol. The molecule has 1 aliphatic heterocycles. The van der Waals surface area contributed by atoms with Gasteiger partial charge in [-0.1, -0.05) is 5.92 Å². The van der Waals surface area contributed by atoms with Crippen LogP contribution < -0.4 is 0 Å². The number of nitrogens with zero attached hydrogens (tertiary/aromatic N) is 1. The maximum Gasteiger partial charge on any atom is 0.243 e. The molecule has 90 valence electrons. The highest BCUT2D eigenvalue weighted by atomic mass is 32.2. The van der Waals surface area contributed by atoms with E-state index in [2.05, 4.69) is 5.92 Å². The van der Waals surface area contributed by atoms with E-state index in [1.54, 1.807) is 24.3 Å². The summed E-state index contributed by atoms with van der Waals surface area (Å²) in [6.45, 7) is 1.70. The van der Waals surface area contributed by atoms with E-state index in [0.29, 0.717) is 31.9 Å². The van der Waals surface area contributed by atoms with Crippen LogP contribution in [0.4, 0.5) is 0 Å². The quantitative estimate of drug-likeness (QED) is 0.726. The third-order valence-corrected chi connectivity index (χ3v) is 4.54. The van der Waals surface area contributed by atoms with Gasteiger partial charge in [-0.15, -0.1) is 6.42 Å². The summed E-state index contributed by atoms with van der Waals surface area (Å²) < 4.78 is 31.0. The maximum atomic E-state index is 12.2. The molecule has 0 aromatic heterocycles. The van der Waals surface area contributed by atoms with Gasteiger partial charge in [-0.05, 0) is 24.3 Å². The Bertz CT molecular complexity index is 522. The number of benzene rings is 1. The second-order valence-electron chi connectivity index (χ2n) is 3.69. The maximum absolute atomic E-state index is 12.2. The highest BCUT2D eigenvalue weighted by molar-refractivity contribution is 7.89. The molecule has 0 N–H and O–H groups in total. The topological polar surface area (TPSA) is 46.6 Å². The van der Waals surface area contributed by atoms with Gasteiger partial charge < -0.3 is 4.74 Å². The van der Waals surface area contributed by atoms with Crippen LogP contribution in [0, 0.1) is 12.3 Å². The van der Waals surface area contributed by atoms with Gasteiger partial charge in [-0.25, -0.2) is 8.42 Å². The molecule has 0 bridgehead atoms. The van der Waals surface area contributed by atoms with Gasteiger partial charge in [-0.3, -0.25) is 0 Å². The zero-order valence-corrected chi connectivity index (χ0v) is 10.1. The lowest BCUT2D eigenvalue weighted by molar-refractivity contribution is 0.0730. The molecule has 17 heavy (non-hydrogen) atoms. The molecule has 0 spiro atoms. The molecular formula is C12H13NO3S. The lowest BCUT2D eigenvalue weighted by Gasteiger charge is -2.26. The van der Waals surface area contributed by atoms with Gasteiger partial charge in [0.15, 0.2) is 0 Å². The molecule has 1 heterocycles. The number of rotatable bonds is 2. The third-order valence-electron chi connectivity index (χ3n) is 2.63. The van der Waals surface area contributed by atoms with Crippen molar-refractivity contribution < 1.29 is 13.2 Å². The van der Waals surface area contributed by atoms with E-state index in [1.165, 1.54) is 4.31 Å². The Labute approximate surface area is 101 Å². The minimum Gasteiger partial charge on any atom is -0.379 e. The molecule has 4 nitrogen and oxygen atoms in total. The normalized spacial score (nSPS) is 17.6. The van der Waals surface area contributed by atoms with Crippen molar-refractivity contribution >= 4 is 10.0 Å². The fourth-order valence-electron chi connectivity index (χ4n) is 1.66. The van der Waals surface area contributed by atoms with Gasteiger partial charge in [0.05, 0.1) is 18.1 Å². The summed E-state index contributed by atoms with van der Waals surface area (Å²) in [6.07, 6.45) is 5.23. The van der Waals surface area contributed by atoms with Crippen molar-refractivity contribution in [2.75, 3.05) is 26.3 Å². The van der Waals surface area contributed by atoms with Crippen molar-refractivity contribution in [3.63, 3.8) is 0 Å². The zero-order valence-electron chi connectivity index (χ0n) is 9.30. The first-order valence-electron chi connectivity index (χ1n) is 5.29. The summed E-state index contributed by atoms with van der Waals surface area (Å²) in [5.74, 6) is 2.46. The third kappa shape index (κ3) is 2.50. The molecule has 0 radical (unpaired) electrons. The smallest absolute Gasteiger partial charge is 0.243 e. The van der Waals surface area contributed by atoms with E-state index in [0.717, 1.165) is 0 Å². The molecule has 0 saturated carbocycles. The summed E-state index contributed by atoms with van der Waals surface area (Å²) in [6, 6.07) is 6.35. The van der Waals surface area contributed by atoms with Crippen LogP contribution in [0.5, 0.6) is 0 Å². The Kier molecular flexibility index (Phi) is 3.48. The molecular weight excluding hydrogens is 238 g/mol. The fourth-order valence-corrected chi connectivity index (χ4v) is 3.07. The van der Waals surface area contributed by atoms with E-state index in [4.69, 9.17) is 11.2 Å². The highest BCUT2D eigenvalue weighted by Crippen LogP contribution is 2.17. The second kappa shape index (κ2) is 4.88. The molecule has 1 aliphatic rings. The van der Waals surface area contributed by atoms with Crippen LogP contribution in [0.15, 0.2) is 29.2 Å². The van der Waals surface area contributed by atoms with E-state index in [-0.39, 0.29) is 4.90 Å². The van der Waals surface area contributed by atoms with Crippen molar-refractivity contribution in [3.8, 4) is 12.3 Å². The summed E-state index contributed by atoms with van der Waals surface area (Å²) in [5.41, 5.74) is 0.672. The Morgan fingerprint density at radius 3 is 2.29 bits per heavy atom. The van der Waals surface area contributed by atoms with E-state index >= 15 is 0 Å². The van der Waals surface area contributed by atoms with Gasteiger partial charge in [0, 0.05) is 18.7 Å². The number of terminal acetylenes is 1. The minimum atomic E-state index is -3.40. The minimum absolute atomic E-state index is 0.276. The molecule has 0 aliphatic carbocycles. The Morgan fingerprint density at radius 2 is 1.76 bits per heavy atom. The molecule has 1 aromatic carbocycles. The lowest BCUT2D eigenvalue weighted by Crippen LogP contribution is -2.40. The molecule has 0 atom stereocenters. The van der Waals surface area contributed by atoms with Crippen LogP contribution in [-0.2, 0) is 14.8 Å². The summed E-state index contributed by atoms with van der Waals surface area (Å²) in [7, 11) is -3.40. The van der Waals surface area contributed by atoms with Crippen LogP contribution in [0.2, 0.25) is 0 Å². The van der Waals surface area contributed by atoms with Crippen LogP contribution >= 0.6 is 0 Å². The fraction of sp³-hybridized carbons (Fsp3) is 0.333. The van der Waals surface area contributed by atoms with Crippen molar-refractivity contribution in [2.24, 2.45) is 0 Å². The molecule has 0 amide bonds. The molecule has 1 aromatic rings. The van der Waals surface area contributed by atoms with Gasteiger partial charge in [0.1, 0.15) is 0 Å². The monoisotopic (exact) mass is 251 g/mol. The molecule has 5 heteroatoms. The molecule has 1 fully saturated rings. The van der Waals surface area contributed by atoms with E-state index in [1.807, 2.05) is 0 Å². The molecule has 0 unspecified atom stereocenters.